The van der Waals surface area contributed by atoms with Crippen LogP contribution < -0.4 is 5.73 Å². The number of hydrogen-bond acceptors (Lipinski definition) is 1. The zero-order chi connectivity index (χ0) is 15.5. The summed E-state index contributed by atoms with van der Waals surface area (Å²) in [6, 6.07) is 12.3. The second-order valence-electron chi connectivity index (χ2n) is 4.89. The first-order chi connectivity index (χ1) is 9.86. The lowest BCUT2D eigenvalue weighted by Gasteiger charge is -2.13. The lowest BCUT2D eigenvalue weighted by Crippen LogP contribution is -2.11. The Labute approximate surface area is 126 Å². The van der Waals surface area contributed by atoms with Gasteiger partial charge in [0, 0.05) is 11.1 Å². The Morgan fingerprint density at radius 2 is 1.52 bits per heavy atom. The standard InChI is InChI=1S/C16H15ClF3N/c17-14-8-4-12(5-9-14)15(21)10-3-11-1-6-13(7-2-11)16(18,19)20/h1-2,4-9,15H,3,10,21H2. The summed E-state index contributed by atoms with van der Waals surface area (Å²) in [7, 11) is 0. The van der Waals surface area contributed by atoms with Gasteiger partial charge in [-0.1, -0.05) is 35.9 Å². The van der Waals surface area contributed by atoms with Crippen molar-refractivity contribution in [2.24, 2.45) is 5.73 Å². The molecule has 0 amide bonds. The topological polar surface area (TPSA) is 26.0 Å². The molecule has 0 spiro atoms. The molecule has 5 heteroatoms. The number of rotatable bonds is 4. The summed E-state index contributed by atoms with van der Waals surface area (Å²) in [5.74, 6) is 0. The Bertz CT molecular complexity index is 576. The summed E-state index contributed by atoms with van der Waals surface area (Å²) in [5, 5.41) is 0.647. The van der Waals surface area contributed by atoms with Gasteiger partial charge < -0.3 is 5.73 Å². The van der Waals surface area contributed by atoms with Gasteiger partial charge in [-0.15, -0.1) is 0 Å². The summed E-state index contributed by atoms with van der Waals surface area (Å²) in [6.07, 6.45) is -3.01. The number of halogens is 4. The molecule has 0 aliphatic rings. The molecule has 2 N–H and O–H groups in total. The van der Waals surface area contributed by atoms with Crippen molar-refractivity contribution in [3.8, 4) is 0 Å². The molecule has 2 aromatic rings. The maximum absolute atomic E-state index is 12.5. The third-order valence-corrected chi connectivity index (χ3v) is 3.58. The third kappa shape index (κ3) is 4.48. The highest BCUT2D eigenvalue weighted by molar-refractivity contribution is 6.30. The van der Waals surface area contributed by atoms with Gasteiger partial charge in [0.15, 0.2) is 0 Å². The maximum atomic E-state index is 12.5. The van der Waals surface area contributed by atoms with Gasteiger partial charge in [0.1, 0.15) is 0 Å². The fourth-order valence-electron chi connectivity index (χ4n) is 2.06. The van der Waals surface area contributed by atoms with Crippen molar-refractivity contribution in [3.63, 3.8) is 0 Å². The van der Waals surface area contributed by atoms with Gasteiger partial charge in [-0.05, 0) is 48.2 Å². The van der Waals surface area contributed by atoms with E-state index in [9.17, 15) is 13.2 Å². The lowest BCUT2D eigenvalue weighted by atomic mass is 9.99. The van der Waals surface area contributed by atoms with Gasteiger partial charge in [0.05, 0.1) is 5.56 Å². The van der Waals surface area contributed by atoms with Gasteiger partial charge >= 0.3 is 6.18 Å². The molecule has 0 bridgehead atoms. The predicted octanol–water partition coefficient (Wildman–Crippen LogP) is 4.99. The fourth-order valence-corrected chi connectivity index (χ4v) is 2.19. The summed E-state index contributed by atoms with van der Waals surface area (Å²) in [4.78, 5) is 0. The van der Waals surface area contributed by atoms with Gasteiger partial charge in [-0.3, -0.25) is 0 Å². The van der Waals surface area contributed by atoms with Crippen molar-refractivity contribution in [2.45, 2.75) is 25.1 Å². The van der Waals surface area contributed by atoms with Crippen molar-refractivity contribution in [1.82, 2.24) is 0 Å². The fraction of sp³-hybridized carbons (Fsp3) is 0.250. The van der Waals surface area contributed by atoms with Crippen LogP contribution in [0.25, 0.3) is 0 Å². The van der Waals surface area contributed by atoms with E-state index in [4.69, 9.17) is 17.3 Å². The zero-order valence-corrected chi connectivity index (χ0v) is 12.0. The molecule has 112 valence electrons. The molecule has 0 aliphatic heterocycles. The molecule has 1 nitrogen and oxygen atoms in total. The number of aryl methyl sites for hydroxylation is 1. The van der Waals surface area contributed by atoms with Gasteiger partial charge in [0.2, 0.25) is 0 Å². The number of benzene rings is 2. The van der Waals surface area contributed by atoms with Crippen LogP contribution >= 0.6 is 11.6 Å². The van der Waals surface area contributed by atoms with Crippen LogP contribution in [0.15, 0.2) is 48.5 Å². The molecule has 2 rings (SSSR count). The quantitative estimate of drug-likeness (QED) is 0.845. The Balaban J connectivity index is 1.95. The normalized spacial score (nSPS) is 13.2. The van der Waals surface area contributed by atoms with Crippen LogP contribution in [-0.4, -0.2) is 0 Å². The minimum absolute atomic E-state index is 0.162. The molecule has 0 fully saturated rings. The summed E-state index contributed by atoms with van der Waals surface area (Å²) < 4.78 is 37.4. The van der Waals surface area contributed by atoms with Crippen molar-refractivity contribution >= 4 is 11.6 Å². The molecule has 0 aromatic heterocycles. The van der Waals surface area contributed by atoms with E-state index >= 15 is 0 Å². The lowest BCUT2D eigenvalue weighted by molar-refractivity contribution is -0.137. The van der Waals surface area contributed by atoms with Crippen LogP contribution in [-0.2, 0) is 12.6 Å². The molecule has 0 aliphatic carbocycles. The molecular formula is C16H15ClF3N. The van der Waals surface area contributed by atoms with Crippen molar-refractivity contribution in [3.05, 3.63) is 70.2 Å². The molecule has 0 radical (unpaired) electrons. The first kappa shape index (κ1) is 15.9. The van der Waals surface area contributed by atoms with E-state index in [0.717, 1.165) is 23.3 Å². The van der Waals surface area contributed by atoms with Crippen LogP contribution in [0.1, 0.15) is 29.2 Å². The van der Waals surface area contributed by atoms with Gasteiger partial charge in [-0.2, -0.15) is 13.2 Å². The van der Waals surface area contributed by atoms with Gasteiger partial charge in [-0.25, -0.2) is 0 Å². The number of nitrogens with two attached hydrogens (primary N) is 1. The van der Waals surface area contributed by atoms with Crippen molar-refractivity contribution < 1.29 is 13.2 Å². The molecule has 1 atom stereocenters. The van der Waals surface area contributed by atoms with E-state index in [1.54, 1.807) is 12.1 Å². The highest BCUT2D eigenvalue weighted by Crippen LogP contribution is 2.29. The smallest absolute Gasteiger partial charge is 0.324 e. The van der Waals surface area contributed by atoms with Gasteiger partial charge in [0.25, 0.3) is 0 Å². The molecule has 1 unspecified atom stereocenters. The Morgan fingerprint density at radius 1 is 0.952 bits per heavy atom. The van der Waals surface area contributed by atoms with Crippen LogP contribution in [0.4, 0.5) is 13.2 Å². The second kappa shape index (κ2) is 6.50. The monoisotopic (exact) mass is 313 g/mol. The molecule has 2 aromatic carbocycles. The minimum atomic E-state index is -4.29. The van der Waals surface area contributed by atoms with E-state index in [1.165, 1.54) is 12.1 Å². The Kier molecular flexibility index (Phi) is 4.91. The summed E-state index contributed by atoms with van der Waals surface area (Å²) in [5.41, 5.74) is 7.24. The van der Waals surface area contributed by atoms with Crippen LogP contribution in [0.2, 0.25) is 5.02 Å². The summed E-state index contributed by atoms with van der Waals surface area (Å²) >= 11 is 5.81. The Morgan fingerprint density at radius 3 is 2.05 bits per heavy atom. The Hall–Kier alpha value is -1.52. The SMILES string of the molecule is NC(CCc1ccc(C(F)(F)F)cc1)c1ccc(Cl)cc1. The molecule has 0 saturated heterocycles. The second-order valence-corrected chi connectivity index (χ2v) is 5.33. The van der Waals surface area contributed by atoms with Crippen LogP contribution in [0.5, 0.6) is 0 Å². The summed E-state index contributed by atoms with van der Waals surface area (Å²) in [6.45, 7) is 0. The van der Waals surface area contributed by atoms with Crippen molar-refractivity contribution in [2.75, 3.05) is 0 Å². The van der Waals surface area contributed by atoms with E-state index < -0.39 is 11.7 Å². The van der Waals surface area contributed by atoms with Crippen LogP contribution in [0.3, 0.4) is 0 Å². The average Bonchev–Trinajstić information content (AvgIpc) is 2.45. The maximum Gasteiger partial charge on any atom is 0.416 e. The first-order valence-electron chi connectivity index (χ1n) is 6.53. The molecule has 0 saturated carbocycles. The van der Waals surface area contributed by atoms with E-state index in [2.05, 4.69) is 0 Å². The highest BCUT2D eigenvalue weighted by Gasteiger charge is 2.29. The van der Waals surface area contributed by atoms with E-state index in [-0.39, 0.29) is 6.04 Å². The third-order valence-electron chi connectivity index (χ3n) is 3.32. The largest absolute Gasteiger partial charge is 0.416 e. The van der Waals surface area contributed by atoms with Crippen molar-refractivity contribution in [1.29, 1.82) is 0 Å². The number of hydrogen-bond donors (Lipinski definition) is 1. The highest BCUT2D eigenvalue weighted by atomic mass is 35.5. The predicted molar refractivity (Wildman–Crippen MR) is 78.1 cm³/mol. The minimum Gasteiger partial charge on any atom is -0.324 e. The zero-order valence-electron chi connectivity index (χ0n) is 11.2. The molecule has 21 heavy (non-hydrogen) atoms. The van der Waals surface area contributed by atoms with Crippen LogP contribution in [0, 0.1) is 0 Å². The first-order valence-corrected chi connectivity index (χ1v) is 6.91. The van der Waals surface area contributed by atoms with E-state index in [1.807, 2.05) is 12.1 Å². The molecular weight excluding hydrogens is 299 g/mol. The molecule has 0 heterocycles. The number of alkyl halides is 3. The average molecular weight is 314 g/mol. The van der Waals surface area contributed by atoms with E-state index in [0.29, 0.717) is 17.9 Å².